The number of ketones is 1. The Labute approximate surface area is 167 Å². The Morgan fingerprint density at radius 3 is 2.46 bits per heavy atom. The molecule has 0 aliphatic heterocycles. The Balaban J connectivity index is 1.64. The summed E-state index contributed by atoms with van der Waals surface area (Å²) in [5, 5.41) is 9.68. The van der Waals surface area contributed by atoms with E-state index in [0.29, 0.717) is 11.1 Å². The van der Waals surface area contributed by atoms with Gasteiger partial charge in [-0.1, -0.05) is 53.7 Å². The lowest BCUT2D eigenvalue weighted by atomic mass is 10.1. The Hall–Kier alpha value is -3.36. The first kappa shape index (κ1) is 18.0. The van der Waals surface area contributed by atoms with Crippen molar-refractivity contribution in [1.82, 2.24) is 9.55 Å². The van der Waals surface area contributed by atoms with Crippen molar-refractivity contribution in [2.75, 3.05) is 5.75 Å². The Morgan fingerprint density at radius 1 is 1.04 bits per heavy atom. The average molecular weight is 383 g/mol. The molecule has 4 rings (SSSR count). The Kier molecular flexibility index (Phi) is 4.96. The Morgan fingerprint density at radius 2 is 1.75 bits per heavy atom. The molecule has 3 aromatic carbocycles. The molecule has 0 unspecified atom stereocenters. The molecule has 0 aliphatic rings. The largest absolute Gasteiger partial charge is 0.293 e. The lowest BCUT2D eigenvalue weighted by molar-refractivity contribution is 0.102. The van der Waals surface area contributed by atoms with E-state index < -0.39 is 0 Å². The topological polar surface area (TPSA) is 58.7 Å². The van der Waals surface area contributed by atoms with Crippen molar-refractivity contribution in [3.63, 3.8) is 0 Å². The zero-order valence-corrected chi connectivity index (χ0v) is 16.1. The van der Waals surface area contributed by atoms with E-state index in [1.54, 1.807) is 24.3 Å². The number of aromatic nitrogens is 2. The van der Waals surface area contributed by atoms with E-state index in [9.17, 15) is 4.79 Å². The van der Waals surface area contributed by atoms with Crippen LogP contribution in [0.15, 0.2) is 78.0 Å². The summed E-state index contributed by atoms with van der Waals surface area (Å²) >= 11 is 1.42. The number of aryl methyl sites for hydroxylation is 1. The highest BCUT2D eigenvalue weighted by Gasteiger charge is 2.15. The zero-order chi connectivity index (χ0) is 19.5. The molecule has 0 N–H and O–H groups in total. The van der Waals surface area contributed by atoms with Gasteiger partial charge in [0.15, 0.2) is 10.9 Å². The Bertz CT molecular complexity index is 1190. The van der Waals surface area contributed by atoms with Gasteiger partial charge in [0.2, 0.25) is 0 Å². The smallest absolute Gasteiger partial charge is 0.174 e. The fraction of sp³-hybridized carbons (Fsp3) is 0.0870. The summed E-state index contributed by atoms with van der Waals surface area (Å²) in [5.41, 5.74) is 5.27. The number of nitriles is 1. The number of thioether (sulfide) groups is 1. The summed E-state index contributed by atoms with van der Waals surface area (Å²) in [7, 11) is 0. The van der Waals surface area contributed by atoms with Crippen molar-refractivity contribution in [3.05, 3.63) is 89.5 Å². The molecule has 136 valence electrons. The molecule has 0 saturated heterocycles. The van der Waals surface area contributed by atoms with Crippen LogP contribution in [0, 0.1) is 18.3 Å². The van der Waals surface area contributed by atoms with E-state index >= 15 is 0 Å². The van der Waals surface area contributed by atoms with Crippen LogP contribution in [-0.4, -0.2) is 21.1 Å². The van der Waals surface area contributed by atoms with Crippen LogP contribution in [0.1, 0.15) is 21.5 Å². The van der Waals surface area contributed by atoms with Crippen LogP contribution >= 0.6 is 11.8 Å². The molecule has 0 radical (unpaired) electrons. The molecular weight excluding hydrogens is 366 g/mol. The third-order valence-electron chi connectivity index (χ3n) is 4.49. The van der Waals surface area contributed by atoms with E-state index in [0.717, 1.165) is 21.9 Å². The third kappa shape index (κ3) is 3.55. The second-order valence-corrected chi connectivity index (χ2v) is 7.40. The SMILES string of the molecule is Cc1ccc(-n2c(SCC(=O)c3ccc(C#N)cc3)nc3ccccc32)cc1. The first-order valence-electron chi connectivity index (χ1n) is 8.86. The number of benzene rings is 3. The predicted octanol–water partition coefficient (Wildman–Crippen LogP) is 5.18. The number of nitrogens with zero attached hydrogens (tertiary/aromatic N) is 3. The maximum atomic E-state index is 12.6. The molecule has 28 heavy (non-hydrogen) atoms. The number of para-hydroxylation sites is 2. The minimum absolute atomic E-state index is 0.0111. The van der Waals surface area contributed by atoms with Gasteiger partial charge < -0.3 is 0 Å². The van der Waals surface area contributed by atoms with E-state index in [1.165, 1.54) is 17.3 Å². The molecule has 4 nitrogen and oxygen atoms in total. The number of Topliss-reactive ketones (excluding diaryl/α,β-unsaturated/α-hetero) is 1. The first-order valence-corrected chi connectivity index (χ1v) is 9.85. The monoisotopic (exact) mass is 383 g/mol. The van der Waals surface area contributed by atoms with Gasteiger partial charge in [0.25, 0.3) is 0 Å². The predicted molar refractivity (Wildman–Crippen MR) is 112 cm³/mol. The van der Waals surface area contributed by atoms with Crippen LogP contribution < -0.4 is 0 Å². The quantitative estimate of drug-likeness (QED) is 0.352. The second-order valence-electron chi connectivity index (χ2n) is 6.46. The van der Waals surface area contributed by atoms with E-state index in [4.69, 9.17) is 10.2 Å². The van der Waals surface area contributed by atoms with Crippen molar-refractivity contribution in [1.29, 1.82) is 5.26 Å². The maximum Gasteiger partial charge on any atom is 0.174 e. The summed E-state index contributed by atoms with van der Waals surface area (Å²) in [4.78, 5) is 17.3. The van der Waals surface area contributed by atoms with Gasteiger partial charge in [0.05, 0.1) is 28.4 Å². The van der Waals surface area contributed by atoms with E-state index in [2.05, 4.69) is 41.8 Å². The van der Waals surface area contributed by atoms with E-state index in [1.807, 2.05) is 24.3 Å². The molecule has 0 bridgehead atoms. The van der Waals surface area contributed by atoms with Crippen molar-refractivity contribution in [2.45, 2.75) is 12.1 Å². The number of carbonyl (C=O) groups excluding carboxylic acids is 1. The van der Waals surface area contributed by atoms with Crippen LogP contribution in [0.3, 0.4) is 0 Å². The van der Waals surface area contributed by atoms with Crippen LogP contribution in [0.5, 0.6) is 0 Å². The van der Waals surface area contributed by atoms with Gasteiger partial charge in [-0.2, -0.15) is 5.26 Å². The molecule has 0 saturated carbocycles. The summed E-state index contributed by atoms with van der Waals surface area (Å²) < 4.78 is 2.09. The number of carbonyl (C=O) groups is 1. The van der Waals surface area contributed by atoms with Gasteiger partial charge in [0, 0.05) is 11.3 Å². The van der Waals surface area contributed by atoms with Crippen molar-refractivity contribution in [2.24, 2.45) is 0 Å². The first-order chi connectivity index (χ1) is 13.7. The maximum absolute atomic E-state index is 12.6. The van der Waals surface area contributed by atoms with Crippen LogP contribution in [-0.2, 0) is 0 Å². The zero-order valence-electron chi connectivity index (χ0n) is 15.3. The molecule has 0 spiro atoms. The lowest BCUT2D eigenvalue weighted by Gasteiger charge is -2.09. The average Bonchev–Trinajstić information content (AvgIpc) is 3.11. The number of rotatable bonds is 5. The van der Waals surface area contributed by atoms with Gasteiger partial charge >= 0.3 is 0 Å². The molecule has 1 heterocycles. The standard InChI is InChI=1S/C23H17N3OS/c1-16-6-12-19(13-7-16)26-21-5-3-2-4-20(21)25-23(26)28-15-22(27)18-10-8-17(14-24)9-11-18/h2-13H,15H2,1H3. The van der Waals surface area contributed by atoms with Gasteiger partial charge in [0.1, 0.15) is 0 Å². The molecule has 5 heteroatoms. The second kappa shape index (κ2) is 7.71. The molecule has 0 atom stereocenters. The third-order valence-corrected chi connectivity index (χ3v) is 5.43. The highest BCUT2D eigenvalue weighted by atomic mass is 32.2. The van der Waals surface area contributed by atoms with Crippen molar-refractivity contribution in [3.8, 4) is 11.8 Å². The summed E-state index contributed by atoms with van der Waals surface area (Å²) in [6.07, 6.45) is 0. The van der Waals surface area contributed by atoms with E-state index in [-0.39, 0.29) is 11.5 Å². The van der Waals surface area contributed by atoms with Crippen LogP contribution in [0.25, 0.3) is 16.7 Å². The minimum Gasteiger partial charge on any atom is -0.293 e. The number of hydrogen-bond donors (Lipinski definition) is 0. The minimum atomic E-state index is 0.0111. The molecule has 4 aromatic rings. The summed E-state index contributed by atoms with van der Waals surface area (Å²) in [5.74, 6) is 0.290. The fourth-order valence-electron chi connectivity index (χ4n) is 2.99. The van der Waals surface area contributed by atoms with Crippen molar-refractivity contribution < 1.29 is 4.79 Å². The molecular formula is C23H17N3OS. The molecule has 0 amide bonds. The number of imidazole rings is 1. The fourth-order valence-corrected chi connectivity index (χ4v) is 3.91. The molecule has 1 aromatic heterocycles. The molecule has 0 fully saturated rings. The van der Waals surface area contributed by atoms with Gasteiger partial charge in [-0.25, -0.2) is 4.98 Å². The number of hydrogen-bond acceptors (Lipinski definition) is 4. The van der Waals surface area contributed by atoms with Gasteiger partial charge in [-0.05, 0) is 43.3 Å². The lowest BCUT2D eigenvalue weighted by Crippen LogP contribution is -2.04. The highest BCUT2D eigenvalue weighted by Crippen LogP contribution is 2.28. The number of fused-ring (bicyclic) bond motifs is 1. The van der Waals surface area contributed by atoms with Crippen LogP contribution in [0.2, 0.25) is 0 Å². The van der Waals surface area contributed by atoms with Gasteiger partial charge in [-0.3, -0.25) is 9.36 Å². The summed E-state index contributed by atoms with van der Waals surface area (Å²) in [6, 6.07) is 25.0. The highest BCUT2D eigenvalue weighted by molar-refractivity contribution is 7.99. The van der Waals surface area contributed by atoms with Crippen LogP contribution in [0.4, 0.5) is 0 Å². The molecule has 0 aliphatic carbocycles. The van der Waals surface area contributed by atoms with Crippen molar-refractivity contribution >= 4 is 28.6 Å². The normalized spacial score (nSPS) is 10.7. The van der Waals surface area contributed by atoms with Gasteiger partial charge in [-0.15, -0.1) is 0 Å². The summed E-state index contributed by atoms with van der Waals surface area (Å²) in [6.45, 7) is 2.06.